The Balaban J connectivity index is 0.00000264. The van der Waals surface area contributed by atoms with Crippen LogP contribution in [0.5, 0.6) is 0 Å². The lowest BCUT2D eigenvalue weighted by atomic mass is 10.3. The smallest absolute Gasteiger partial charge is 0.354 e. The molecule has 0 spiro atoms. The van der Waals surface area contributed by atoms with E-state index in [4.69, 9.17) is 0 Å². The first-order valence-electron chi connectivity index (χ1n) is 6.69. The molecule has 0 bridgehead atoms. The van der Waals surface area contributed by atoms with Crippen LogP contribution in [0.1, 0.15) is 25.2 Å². The number of nitrogens with one attached hydrogen (secondary N) is 2. The average Bonchev–Trinajstić information content (AvgIpc) is 2.84. The molecule has 0 atom stereocenters. The lowest BCUT2D eigenvalue weighted by Crippen LogP contribution is -2.40. The number of nitrogens with zero attached hydrogens (tertiary/aromatic N) is 4. The Morgan fingerprint density at radius 2 is 2.00 bits per heavy atom. The predicted molar refractivity (Wildman–Crippen MR) is 91.9 cm³/mol. The van der Waals surface area contributed by atoms with E-state index in [0.29, 0.717) is 17.4 Å². The molecule has 2 rings (SSSR count). The number of rotatable bonds is 3. The minimum Gasteiger partial charge on any atom is -0.354 e. The van der Waals surface area contributed by atoms with Gasteiger partial charge < -0.3 is 10.6 Å². The van der Waals surface area contributed by atoms with Gasteiger partial charge in [-0.2, -0.15) is 13.2 Å². The number of fused-ring (bicyclic) bond motifs is 1. The minimum absolute atomic E-state index is 0. The summed E-state index contributed by atoms with van der Waals surface area (Å²) in [6.07, 6.45) is -3.41. The molecule has 2 aromatic rings. The topological polar surface area (TPSA) is 66.6 Å². The van der Waals surface area contributed by atoms with E-state index < -0.39 is 11.7 Å². The molecule has 0 aromatic carbocycles. The molecule has 0 radical (unpaired) electrons. The Hall–Kier alpha value is -1.59. The maximum Gasteiger partial charge on any atom is 0.417 e. The standard InChI is InChI=1S/C13H17F3N6.HI/c1-8(2)19-12(17-3)18-6-11-21-20-10-5-4-9(7-22(10)11)13(14,15)16;/h4-5,7-8H,6H2,1-3H3,(H2,17,18,19);1H. The number of halogens is 4. The highest BCUT2D eigenvalue weighted by Crippen LogP contribution is 2.29. The largest absolute Gasteiger partial charge is 0.417 e. The molecular weight excluding hydrogens is 424 g/mol. The number of guanidine groups is 1. The summed E-state index contributed by atoms with van der Waals surface area (Å²) >= 11 is 0. The molecule has 0 fully saturated rings. The van der Waals surface area contributed by atoms with Gasteiger partial charge in [0.2, 0.25) is 0 Å². The van der Waals surface area contributed by atoms with Gasteiger partial charge in [0.25, 0.3) is 0 Å². The van der Waals surface area contributed by atoms with E-state index in [9.17, 15) is 13.2 Å². The van der Waals surface area contributed by atoms with E-state index >= 15 is 0 Å². The summed E-state index contributed by atoms with van der Waals surface area (Å²) in [6.45, 7) is 4.11. The fraction of sp³-hybridized carbons (Fsp3) is 0.462. The molecule has 2 heterocycles. The van der Waals surface area contributed by atoms with Crippen molar-refractivity contribution in [3.05, 3.63) is 29.7 Å². The summed E-state index contributed by atoms with van der Waals surface area (Å²) < 4.78 is 39.6. The number of pyridine rings is 1. The molecule has 2 aromatic heterocycles. The molecular formula is C13H18F3IN6. The van der Waals surface area contributed by atoms with Crippen LogP contribution in [0.25, 0.3) is 5.65 Å². The van der Waals surface area contributed by atoms with Crippen molar-refractivity contribution in [1.82, 2.24) is 25.2 Å². The third-order valence-corrected chi connectivity index (χ3v) is 2.86. The van der Waals surface area contributed by atoms with E-state index in [2.05, 4.69) is 25.8 Å². The van der Waals surface area contributed by atoms with Crippen LogP contribution in [0.4, 0.5) is 13.2 Å². The normalized spacial score (nSPS) is 12.4. The second-order valence-electron chi connectivity index (χ2n) is 4.98. The van der Waals surface area contributed by atoms with Crippen molar-refractivity contribution in [2.24, 2.45) is 4.99 Å². The minimum atomic E-state index is -4.40. The second kappa shape index (κ2) is 7.79. The van der Waals surface area contributed by atoms with E-state index in [1.165, 1.54) is 10.5 Å². The molecule has 0 saturated heterocycles. The van der Waals surface area contributed by atoms with Crippen molar-refractivity contribution in [3.8, 4) is 0 Å². The molecule has 128 valence electrons. The third kappa shape index (κ3) is 4.94. The summed E-state index contributed by atoms with van der Waals surface area (Å²) in [6, 6.07) is 2.46. The molecule has 0 unspecified atom stereocenters. The van der Waals surface area contributed by atoms with Crippen LogP contribution in [-0.2, 0) is 12.7 Å². The van der Waals surface area contributed by atoms with Gasteiger partial charge in [0, 0.05) is 19.3 Å². The van der Waals surface area contributed by atoms with Gasteiger partial charge in [-0.3, -0.25) is 9.39 Å². The zero-order valence-corrected chi connectivity index (χ0v) is 15.2. The van der Waals surface area contributed by atoms with Crippen LogP contribution in [0.3, 0.4) is 0 Å². The van der Waals surface area contributed by atoms with Crippen molar-refractivity contribution >= 4 is 35.6 Å². The van der Waals surface area contributed by atoms with Crippen LogP contribution in [-0.4, -0.2) is 33.6 Å². The highest BCUT2D eigenvalue weighted by Gasteiger charge is 2.31. The Morgan fingerprint density at radius 3 is 2.57 bits per heavy atom. The summed E-state index contributed by atoms with van der Waals surface area (Å²) in [5.41, 5.74) is -0.387. The summed E-state index contributed by atoms with van der Waals surface area (Å²) in [7, 11) is 1.61. The Labute approximate surface area is 148 Å². The van der Waals surface area contributed by atoms with Gasteiger partial charge in [0.15, 0.2) is 17.4 Å². The fourth-order valence-electron chi connectivity index (χ4n) is 1.86. The molecule has 0 aliphatic heterocycles. The SMILES string of the molecule is CN=C(NCc1nnc2ccc(C(F)(F)F)cn12)NC(C)C.I. The first-order valence-corrected chi connectivity index (χ1v) is 6.69. The van der Waals surface area contributed by atoms with Crippen LogP contribution in [0.15, 0.2) is 23.3 Å². The van der Waals surface area contributed by atoms with E-state index in [0.717, 1.165) is 12.3 Å². The summed E-state index contributed by atoms with van der Waals surface area (Å²) in [4.78, 5) is 4.02. The van der Waals surface area contributed by atoms with Gasteiger partial charge in [-0.1, -0.05) is 0 Å². The Kier molecular flexibility index (Phi) is 6.59. The predicted octanol–water partition coefficient (Wildman–Crippen LogP) is 2.44. The van der Waals surface area contributed by atoms with Gasteiger partial charge in [-0.25, -0.2) is 0 Å². The van der Waals surface area contributed by atoms with Gasteiger partial charge in [-0.05, 0) is 26.0 Å². The number of aliphatic imine (C=N–C) groups is 1. The number of hydrogen-bond donors (Lipinski definition) is 2. The number of aromatic nitrogens is 3. The van der Waals surface area contributed by atoms with Gasteiger partial charge in [0.1, 0.15) is 0 Å². The molecule has 6 nitrogen and oxygen atoms in total. The lowest BCUT2D eigenvalue weighted by Gasteiger charge is -2.14. The molecule has 10 heteroatoms. The van der Waals surface area contributed by atoms with E-state index in [1.54, 1.807) is 7.05 Å². The Morgan fingerprint density at radius 1 is 1.30 bits per heavy atom. The van der Waals surface area contributed by atoms with E-state index in [1.807, 2.05) is 13.8 Å². The monoisotopic (exact) mass is 442 g/mol. The molecule has 2 N–H and O–H groups in total. The van der Waals surface area contributed by atoms with Crippen molar-refractivity contribution < 1.29 is 13.2 Å². The third-order valence-electron chi connectivity index (χ3n) is 2.86. The second-order valence-corrected chi connectivity index (χ2v) is 4.98. The van der Waals surface area contributed by atoms with Crippen LogP contribution >= 0.6 is 24.0 Å². The lowest BCUT2D eigenvalue weighted by molar-refractivity contribution is -0.137. The van der Waals surface area contributed by atoms with Crippen LogP contribution in [0.2, 0.25) is 0 Å². The first kappa shape index (κ1) is 19.5. The van der Waals surface area contributed by atoms with Crippen molar-refractivity contribution in [3.63, 3.8) is 0 Å². The van der Waals surface area contributed by atoms with Crippen LogP contribution < -0.4 is 10.6 Å². The molecule has 0 aliphatic rings. The van der Waals surface area contributed by atoms with Gasteiger partial charge in [0.05, 0.1) is 12.1 Å². The fourth-order valence-corrected chi connectivity index (χ4v) is 1.86. The molecule has 0 saturated carbocycles. The number of hydrogen-bond acceptors (Lipinski definition) is 3. The van der Waals surface area contributed by atoms with Gasteiger partial charge in [-0.15, -0.1) is 34.2 Å². The first-order chi connectivity index (χ1) is 10.3. The van der Waals surface area contributed by atoms with Gasteiger partial charge >= 0.3 is 6.18 Å². The van der Waals surface area contributed by atoms with Crippen molar-refractivity contribution in [2.45, 2.75) is 32.6 Å². The zero-order valence-electron chi connectivity index (χ0n) is 12.8. The molecule has 0 amide bonds. The Bertz CT molecular complexity index is 680. The van der Waals surface area contributed by atoms with Crippen molar-refractivity contribution in [1.29, 1.82) is 0 Å². The van der Waals surface area contributed by atoms with Crippen LogP contribution in [0, 0.1) is 0 Å². The average molecular weight is 442 g/mol. The summed E-state index contributed by atoms with van der Waals surface area (Å²) in [5.74, 6) is 0.909. The van der Waals surface area contributed by atoms with E-state index in [-0.39, 0.29) is 36.6 Å². The van der Waals surface area contributed by atoms with Crippen molar-refractivity contribution in [2.75, 3.05) is 7.05 Å². The molecule has 0 aliphatic carbocycles. The summed E-state index contributed by atoms with van der Waals surface area (Å²) in [5, 5.41) is 13.8. The maximum atomic E-state index is 12.8. The zero-order chi connectivity index (χ0) is 16.3. The quantitative estimate of drug-likeness (QED) is 0.436. The highest BCUT2D eigenvalue weighted by molar-refractivity contribution is 14.0. The number of alkyl halides is 3. The maximum absolute atomic E-state index is 12.8. The molecule has 23 heavy (non-hydrogen) atoms. The highest BCUT2D eigenvalue weighted by atomic mass is 127.